The second-order valence-corrected chi connectivity index (χ2v) is 8.76. The third kappa shape index (κ3) is 4.09. The van der Waals surface area contributed by atoms with Gasteiger partial charge in [-0.1, -0.05) is 47.3 Å². The highest BCUT2D eigenvalue weighted by molar-refractivity contribution is 9.10. The average molecular weight is 431 g/mol. The molecule has 134 valence electrons. The first kappa shape index (κ1) is 17.9. The Bertz CT molecular complexity index is 908. The number of benzene rings is 2. The summed E-state index contributed by atoms with van der Waals surface area (Å²) < 4.78 is 14.8. The molecule has 0 amide bonds. The molecule has 1 aliphatic rings. The van der Waals surface area contributed by atoms with Gasteiger partial charge in [-0.3, -0.25) is 0 Å². The Balaban J connectivity index is 1.70. The van der Waals surface area contributed by atoms with E-state index >= 15 is 0 Å². The third-order valence-electron chi connectivity index (χ3n) is 4.91. The summed E-state index contributed by atoms with van der Waals surface area (Å²) >= 11 is 5.21. The van der Waals surface area contributed by atoms with Crippen molar-refractivity contribution in [3.8, 4) is 11.4 Å². The van der Waals surface area contributed by atoms with E-state index < -0.39 is 0 Å². The molecule has 0 radical (unpaired) electrons. The molecule has 0 aliphatic heterocycles. The van der Waals surface area contributed by atoms with Gasteiger partial charge in [-0.25, -0.2) is 14.4 Å². The van der Waals surface area contributed by atoms with Gasteiger partial charge in [0.15, 0.2) is 5.82 Å². The Morgan fingerprint density at radius 3 is 2.54 bits per heavy atom. The SMILES string of the molecule is Fc1ccc2nc(-c3ccc(Br)cc3)nc(SCC3CCCCC3)c2c1. The first-order valence-corrected chi connectivity index (χ1v) is 10.8. The highest BCUT2D eigenvalue weighted by Crippen LogP contribution is 2.33. The van der Waals surface area contributed by atoms with Crippen LogP contribution in [0.4, 0.5) is 4.39 Å². The fourth-order valence-electron chi connectivity index (χ4n) is 3.46. The summed E-state index contributed by atoms with van der Waals surface area (Å²) in [5.74, 6) is 2.24. The zero-order valence-electron chi connectivity index (χ0n) is 14.4. The van der Waals surface area contributed by atoms with Crippen LogP contribution < -0.4 is 0 Å². The van der Waals surface area contributed by atoms with Crippen LogP contribution >= 0.6 is 27.7 Å². The Morgan fingerprint density at radius 2 is 1.77 bits per heavy atom. The Labute approximate surface area is 165 Å². The summed E-state index contributed by atoms with van der Waals surface area (Å²) in [6.07, 6.45) is 6.60. The molecule has 1 heterocycles. The number of rotatable bonds is 4. The van der Waals surface area contributed by atoms with Crippen LogP contribution in [0.15, 0.2) is 52.0 Å². The van der Waals surface area contributed by atoms with Crippen molar-refractivity contribution in [2.45, 2.75) is 37.1 Å². The lowest BCUT2D eigenvalue weighted by Crippen LogP contribution is -2.09. The minimum Gasteiger partial charge on any atom is -0.228 e. The smallest absolute Gasteiger partial charge is 0.161 e. The summed E-state index contributed by atoms with van der Waals surface area (Å²) in [5, 5.41) is 1.70. The minimum absolute atomic E-state index is 0.239. The summed E-state index contributed by atoms with van der Waals surface area (Å²) in [6, 6.07) is 12.8. The molecule has 1 aromatic heterocycles. The zero-order chi connectivity index (χ0) is 17.9. The molecular formula is C21H20BrFN2S. The van der Waals surface area contributed by atoms with Crippen LogP contribution in [0.25, 0.3) is 22.3 Å². The van der Waals surface area contributed by atoms with Crippen LogP contribution in [0.5, 0.6) is 0 Å². The van der Waals surface area contributed by atoms with Crippen LogP contribution in [0.1, 0.15) is 32.1 Å². The van der Waals surface area contributed by atoms with Gasteiger partial charge < -0.3 is 0 Å². The van der Waals surface area contributed by atoms with E-state index in [1.165, 1.54) is 38.2 Å². The number of hydrogen-bond donors (Lipinski definition) is 0. The molecule has 0 bridgehead atoms. The van der Waals surface area contributed by atoms with Crippen molar-refractivity contribution in [3.05, 3.63) is 52.8 Å². The van der Waals surface area contributed by atoms with Gasteiger partial charge in [0.1, 0.15) is 10.8 Å². The van der Waals surface area contributed by atoms with Crippen LogP contribution in [-0.2, 0) is 0 Å². The first-order valence-electron chi connectivity index (χ1n) is 9.05. The second kappa shape index (κ2) is 8.05. The Morgan fingerprint density at radius 1 is 1.00 bits per heavy atom. The summed E-state index contributed by atoms with van der Waals surface area (Å²) in [7, 11) is 0. The molecule has 1 fully saturated rings. The number of aromatic nitrogens is 2. The predicted octanol–water partition coefficient (Wildman–Crippen LogP) is 6.87. The molecule has 1 aliphatic carbocycles. The fraction of sp³-hybridized carbons (Fsp3) is 0.333. The first-order chi connectivity index (χ1) is 12.7. The number of thioether (sulfide) groups is 1. The molecule has 0 saturated heterocycles. The summed E-state index contributed by atoms with van der Waals surface area (Å²) in [5.41, 5.74) is 1.77. The number of nitrogens with zero attached hydrogens (tertiary/aromatic N) is 2. The van der Waals surface area contributed by atoms with E-state index in [9.17, 15) is 4.39 Å². The van der Waals surface area contributed by atoms with E-state index in [0.717, 1.165) is 37.6 Å². The largest absolute Gasteiger partial charge is 0.228 e. The molecule has 0 unspecified atom stereocenters. The Kier molecular flexibility index (Phi) is 5.55. The highest BCUT2D eigenvalue weighted by atomic mass is 79.9. The van der Waals surface area contributed by atoms with Crippen molar-refractivity contribution >= 4 is 38.6 Å². The predicted molar refractivity (Wildman–Crippen MR) is 110 cm³/mol. The maximum atomic E-state index is 13.8. The lowest BCUT2D eigenvalue weighted by Gasteiger charge is -2.21. The van der Waals surface area contributed by atoms with Crippen LogP contribution in [0.2, 0.25) is 0 Å². The normalized spacial score (nSPS) is 15.5. The lowest BCUT2D eigenvalue weighted by atomic mass is 9.91. The highest BCUT2D eigenvalue weighted by Gasteiger charge is 2.16. The van der Waals surface area contributed by atoms with Gasteiger partial charge >= 0.3 is 0 Å². The second-order valence-electron chi connectivity index (χ2n) is 6.84. The van der Waals surface area contributed by atoms with Crippen molar-refractivity contribution in [1.82, 2.24) is 9.97 Å². The van der Waals surface area contributed by atoms with E-state index in [1.54, 1.807) is 23.9 Å². The van der Waals surface area contributed by atoms with E-state index in [1.807, 2.05) is 24.3 Å². The molecule has 0 N–H and O–H groups in total. The van der Waals surface area contributed by atoms with E-state index in [0.29, 0.717) is 5.82 Å². The van der Waals surface area contributed by atoms with Gasteiger partial charge in [-0.05, 0) is 49.1 Å². The van der Waals surface area contributed by atoms with E-state index in [2.05, 4.69) is 20.9 Å². The van der Waals surface area contributed by atoms with Crippen molar-refractivity contribution in [1.29, 1.82) is 0 Å². The molecular weight excluding hydrogens is 411 g/mol. The van der Waals surface area contributed by atoms with E-state index in [4.69, 9.17) is 4.98 Å². The maximum Gasteiger partial charge on any atom is 0.161 e. The summed E-state index contributed by atoms with van der Waals surface area (Å²) in [4.78, 5) is 9.46. The van der Waals surface area contributed by atoms with Gasteiger partial charge in [-0.2, -0.15) is 0 Å². The Hall–Kier alpha value is -1.46. The molecule has 5 heteroatoms. The number of hydrogen-bond acceptors (Lipinski definition) is 3. The fourth-order valence-corrected chi connectivity index (χ4v) is 4.92. The van der Waals surface area contributed by atoms with Gasteiger partial charge in [0, 0.05) is 21.2 Å². The molecule has 1 saturated carbocycles. The maximum absolute atomic E-state index is 13.8. The van der Waals surface area contributed by atoms with Gasteiger partial charge in [0.25, 0.3) is 0 Å². The number of fused-ring (bicyclic) bond motifs is 1. The van der Waals surface area contributed by atoms with Gasteiger partial charge in [-0.15, -0.1) is 11.8 Å². The number of halogens is 2. The van der Waals surface area contributed by atoms with Crippen LogP contribution in [0, 0.1) is 11.7 Å². The molecule has 0 atom stereocenters. The summed E-state index contributed by atoms with van der Waals surface area (Å²) in [6.45, 7) is 0. The van der Waals surface area contributed by atoms with Crippen molar-refractivity contribution in [3.63, 3.8) is 0 Å². The van der Waals surface area contributed by atoms with E-state index in [-0.39, 0.29) is 5.82 Å². The van der Waals surface area contributed by atoms with Gasteiger partial charge in [0.05, 0.1) is 5.52 Å². The third-order valence-corrected chi connectivity index (χ3v) is 6.66. The standard InChI is InChI=1S/C21H20BrFN2S/c22-16-8-6-15(7-9-16)20-24-19-11-10-17(23)12-18(19)21(25-20)26-13-14-4-2-1-3-5-14/h6-12,14H,1-5,13H2. The van der Waals surface area contributed by atoms with Crippen LogP contribution in [0.3, 0.4) is 0 Å². The zero-order valence-corrected chi connectivity index (χ0v) is 16.8. The molecule has 2 aromatic carbocycles. The van der Waals surface area contributed by atoms with Crippen LogP contribution in [-0.4, -0.2) is 15.7 Å². The lowest BCUT2D eigenvalue weighted by molar-refractivity contribution is 0.391. The van der Waals surface area contributed by atoms with Crippen molar-refractivity contribution in [2.75, 3.05) is 5.75 Å². The molecule has 3 aromatic rings. The molecule has 26 heavy (non-hydrogen) atoms. The molecule has 4 rings (SSSR count). The monoisotopic (exact) mass is 430 g/mol. The molecule has 0 spiro atoms. The topological polar surface area (TPSA) is 25.8 Å². The quantitative estimate of drug-likeness (QED) is 0.333. The van der Waals surface area contributed by atoms with Crippen molar-refractivity contribution in [2.24, 2.45) is 5.92 Å². The average Bonchev–Trinajstić information content (AvgIpc) is 2.67. The molecule has 2 nitrogen and oxygen atoms in total. The van der Waals surface area contributed by atoms with Gasteiger partial charge in [0.2, 0.25) is 0 Å². The van der Waals surface area contributed by atoms with Crippen molar-refractivity contribution < 1.29 is 4.39 Å². The minimum atomic E-state index is -0.239.